The average Bonchev–Trinajstić information content (AvgIpc) is 2.66. The van der Waals surface area contributed by atoms with Gasteiger partial charge in [0, 0.05) is 51.3 Å². The lowest BCUT2D eigenvalue weighted by atomic mass is 10.2. The third kappa shape index (κ3) is 6.74. The van der Waals surface area contributed by atoms with Crippen LogP contribution in [0.2, 0.25) is 0 Å². The molecule has 0 radical (unpaired) electrons. The molecular weight excluding hydrogens is 316 g/mol. The molecule has 6 heteroatoms. The minimum atomic E-state index is 0.0687. The first-order valence-electron chi connectivity index (χ1n) is 9.20. The van der Waals surface area contributed by atoms with Gasteiger partial charge in [-0.1, -0.05) is 18.2 Å². The lowest BCUT2D eigenvalue weighted by Gasteiger charge is -2.36. The van der Waals surface area contributed by atoms with Crippen molar-refractivity contribution in [3.05, 3.63) is 30.3 Å². The minimum Gasteiger partial charge on any atom is -0.368 e. The van der Waals surface area contributed by atoms with Crippen molar-refractivity contribution in [1.29, 1.82) is 0 Å². The Kier molecular flexibility index (Phi) is 8.25. The summed E-state index contributed by atoms with van der Waals surface area (Å²) in [6.45, 7) is 4.71. The number of hydrogen-bond donors (Lipinski definition) is 2. The van der Waals surface area contributed by atoms with E-state index in [9.17, 15) is 9.59 Å². The van der Waals surface area contributed by atoms with E-state index in [0.717, 1.165) is 39.1 Å². The van der Waals surface area contributed by atoms with Crippen LogP contribution in [-0.2, 0) is 9.59 Å². The number of benzene rings is 1. The highest BCUT2D eigenvalue weighted by Gasteiger charge is 2.20. The van der Waals surface area contributed by atoms with Crippen molar-refractivity contribution >= 4 is 17.5 Å². The first-order valence-corrected chi connectivity index (χ1v) is 9.20. The van der Waals surface area contributed by atoms with Gasteiger partial charge < -0.3 is 20.4 Å². The summed E-state index contributed by atoms with van der Waals surface area (Å²) in [6, 6.07) is 10.3. The molecule has 1 fully saturated rings. The van der Waals surface area contributed by atoms with E-state index in [1.54, 1.807) is 0 Å². The number of nitrogens with zero attached hydrogens (tertiary/aromatic N) is 2. The van der Waals surface area contributed by atoms with Crippen LogP contribution in [0.4, 0.5) is 5.69 Å². The maximum absolute atomic E-state index is 12.3. The molecular formula is C19H30N4O2. The summed E-state index contributed by atoms with van der Waals surface area (Å²) < 4.78 is 0. The molecule has 1 heterocycles. The van der Waals surface area contributed by atoms with E-state index in [-0.39, 0.29) is 11.8 Å². The van der Waals surface area contributed by atoms with Crippen molar-refractivity contribution in [2.45, 2.75) is 25.7 Å². The molecule has 2 amide bonds. The smallest absolute Gasteiger partial charge is 0.222 e. The fourth-order valence-electron chi connectivity index (χ4n) is 2.99. The maximum Gasteiger partial charge on any atom is 0.222 e. The van der Waals surface area contributed by atoms with Crippen molar-refractivity contribution in [1.82, 2.24) is 15.5 Å². The zero-order chi connectivity index (χ0) is 17.9. The first-order chi connectivity index (χ1) is 12.2. The van der Waals surface area contributed by atoms with E-state index in [0.29, 0.717) is 25.8 Å². The lowest BCUT2D eigenvalue weighted by molar-refractivity contribution is -0.131. The maximum atomic E-state index is 12.3. The van der Waals surface area contributed by atoms with Crippen molar-refractivity contribution in [2.75, 3.05) is 51.2 Å². The molecule has 0 spiro atoms. The molecule has 2 rings (SSSR count). The van der Waals surface area contributed by atoms with Gasteiger partial charge in [0.25, 0.3) is 0 Å². The highest BCUT2D eigenvalue weighted by Crippen LogP contribution is 2.16. The number of carbonyl (C=O) groups is 2. The van der Waals surface area contributed by atoms with Crippen LogP contribution < -0.4 is 15.5 Å². The minimum absolute atomic E-state index is 0.0687. The Morgan fingerprint density at radius 2 is 1.64 bits per heavy atom. The van der Waals surface area contributed by atoms with Crippen molar-refractivity contribution in [3.63, 3.8) is 0 Å². The van der Waals surface area contributed by atoms with Crippen LogP contribution in [0.25, 0.3) is 0 Å². The average molecular weight is 346 g/mol. The second-order valence-electron chi connectivity index (χ2n) is 6.36. The highest BCUT2D eigenvalue weighted by molar-refractivity contribution is 5.77. The van der Waals surface area contributed by atoms with E-state index >= 15 is 0 Å². The van der Waals surface area contributed by atoms with Gasteiger partial charge in [0.15, 0.2) is 0 Å². The number of para-hydroxylation sites is 1. The Balaban J connectivity index is 1.59. The summed E-state index contributed by atoms with van der Waals surface area (Å²) in [5.41, 5.74) is 1.22. The summed E-state index contributed by atoms with van der Waals surface area (Å²) in [5.74, 6) is 0.260. The summed E-state index contributed by atoms with van der Waals surface area (Å²) in [6.07, 6.45) is 2.58. The van der Waals surface area contributed by atoms with Crippen LogP contribution in [0.5, 0.6) is 0 Å². The van der Waals surface area contributed by atoms with Crippen LogP contribution in [0.1, 0.15) is 25.7 Å². The van der Waals surface area contributed by atoms with E-state index in [2.05, 4.69) is 27.7 Å². The number of amides is 2. The molecule has 2 N–H and O–H groups in total. The van der Waals surface area contributed by atoms with Crippen molar-refractivity contribution < 1.29 is 9.59 Å². The molecule has 1 aromatic carbocycles. The summed E-state index contributed by atoms with van der Waals surface area (Å²) >= 11 is 0. The third-order valence-electron chi connectivity index (χ3n) is 4.47. The number of anilines is 1. The fourth-order valence-corrected chi connectivity index (χ4v) is 2.99. The highest BCUT2D eigenvalue weighted by atomic mass is 16.2. The van der Waals surface area contributed by atoms with Crippen molar-refractivity contribution in [2.24, 2.45) is 0 Å². The molecule has 0 aromatic heterocycles. The second-order valence-corrected chi connectivity index (χ2v) is 6.36. The van der Waals surface area contributed by atoms with Gasteiger partial charge in [0.1, 0.15) is 0 Å². The zero-order valence-corrected chi connectivity index (χ0v) is 15.2. The summed E-state index contributed by atoms with van der Waals surface area (Å²) in [5, 5.41) is 5.90. The van der Waals surface area contributed by atoms with Crippen LogP contribution >= 0.6 is 0 Å². The number of nitrogens with one attached hydrogen (secondary N) is 2. The summed E-state index contributed by atoms with van der Waals surface area (Å²) in [7, 11) is 1.88. The van der Waals surface area contributed by atoms with E-state index in [4.69, 9.17) is 0 Å². The summed E-state index contributed by atoms with van der Waals surface area (Å²) in [4.78, 5) is 28.1. The second kappa shape index (κ2) is 10.7. The van der Waals surface area contributed by atoms with Gasteiger partial charge in [-0.3, -0.25) is 9.59 Å². The Morgan fingerprint density at radius 1 is 0.960 bits per heavy atom. The van der Waals surface area contributed by atoms with E-state index < -0.39 is 0 Å². The first kappa shape index (κ1) is 19.2. The molecule has 138 valence electrons. The quantitative estimate of drug-likeness (QED) is 0.660. The topological polar surface area (TPSA) is 64.7 Å². The molecule has 1 aliphatic heterocycles. The van der Waals surface area contributed by atoms with Gasteiger partial charge in [-0.15, -0.1) is 0 Å². The van der Waals surface area contributed by atoms with Crippen LogP contribution in [0.15, 0.2) is 30.3 Å². The standard InChI is InChI=1S/C19H30N4O2/c1-20-11-5-9-18(24)21-12-6-10-19(25)23-15-13-22(14-16-23)17-7-3-2-4-8-17/h2-4,7-8,20H,5-6,9-16H2,1H3,(H,21,24). The van der Waals surface area contributed by atoms with E-state index in [1.807, 2.05) is 30.1 Å². The van der Waals surface area contributed by atoms with Gasteiger partial charge in [0.2, 0.25) is 11.8 Å². The van der Waals surface area contributed by atoms with Crippen LogP contribution in [-0.4, -0.2) is 63.0 Å². The monoisotopic (exact) mass is 346 g/mol. The van der Waals surface area contributed by atoms with E-state index in [1.165, 1.54) is 5.69 Å². The number of piperazine rings is 1. The zero-order valence-electron chi connectivity index (χ0n) is 15.2. The molecule has 25 heavy (non-hydrogen) atoms. The Hall–Kier alpha value is -2.08. The number of carbonyl (C=O) groups excluding carboxylic acids is 2. The molecule has 1 aromatic rings. The fraction of sp³-hybridized carbons (Fsp3) is 0.579. The molecule has 0 saturated carbocycles. The predicted octanol–water partition coefficient (Wildman–Crippen LogP) is 1.23. The van der Waals surface area contributed by atoms with Gasteiger partial charge in [-0.25, -0.2) is 0 Å². The number of rotatable bonds is 9. The Labute approximate surface area is 150 Å². The largest absolute Gasteiger partial charge is 0.368 e. The third-order valence-corrected chi connectivity index (χ3v) is 4.47. The molecule has 0 bridgehead atoms. The molecule has 0 unspecified atom stereocenters. The normalized spacial score (nSPS) is 14.4. The number of hydrogen-bond acceptors (Lipinski definition) is 4. The Bertz CT molecular complexity index is 527. The van der Waals surface area contributed by atoms with Gasteiger partial charge in [0.05, 0.1) is 0 Å². The van der Waals surface area contributed by atoms with Gasteiger partial charge in [-0.2, -0.15) is 0 Å². The van der Waals surface area contributed by atoms with Gasteiger partial charge >= 0.3 is 0 Å². The molecule has 1 aliphatic rings. The van der Waals surface area contributed by atoms with Crippen LogP contribution in [0, 0.1) is 0 Å². The van der Waals surface area contributed by atoms with Crippen LogP contribution in [0.3, 0.4) is 0 Å². The molecule has 0 atom stereocenters. The predicted molar refractivity (Wildman–Crippen MR) is 101 cm³/mol. The molecule has 6 nitrogen and oxygen atoms in total. The molecule has 0 aliphatic carbocycles. The Morgan fingerprint density at radius 3 is 2.32 bits per heavy atom. The molecule has 1 saturated heterocycles. The van der Waals surface area contributed by atoms with Crippen molar-refractivity contribution in [3.8, 4) is 0 Å². The lowest BCUT2D eigenvalue weighted by Crippen LogP contribution is -2.48. The van der Waals surface area contributed by atoms with Gasteiger partial charge in [-0.05, 0) is 38.6 Å². The SMILES string of the molecule is CNCCCC(=O)NCCCC(=O)N1CCN(c2ccccc2)CC1.